The van der Waals surface area contributed by atoms with Gasteiger partial charge in [0.2, 0.25) is 5.91 Å². The molecule has 1 aromatic heterocycles. The molecule has 0 unspecified atom stereocenters. The van der Waals surface area contributed by atoms with Crippen molar-refractivity contribution in [1.82, 2.24) is 20.3 Å². The van der Waals surface area contributed by atoms with Gasteiger partial charge in [0.05, 0.1) is 12.3 Å². The molecular formula is C15H15N5O. The van der Waals surface area contributed by atoms with Crippen LogP contribution in [0.2, 0.25) is 0 Å². The first-order valence-electron chi connectivity index (χ1n) is 6.89. The minimum absolute atomic E-state index is 0.0727. The molecule has 0 spiro atoms. The van der Waals surface area contributed by atoms with Crippen LogP contribution in [0.4, 0.5) is 0 Å². The Hall–Kier alpha value is -2.68. The zero-order valence-electron chi connectivity index (χ0n) is 11.5. The Kier molecular flexibility index (Phi) is 3.40. The molecule has 2 aromatic rings. The van der Waals surface area contributed by atoms with Gasteiger partial charge in [-0.3, -0.25) is 4.79 Å². The molecule has 0 bridgehead atoms. The summed E-state index contributed by atoms with van der Waals surface area (Å²) in [7, 11) is 0. The van der Waals surface area contributed by atoms with Crippen molar-refractivity contribution in [3.63, 3.8) is 0 Å². The van der Waals surface area contributed by atoms with E-state index in [4.69, 9.17) is 5.26 Å². The number of nitrogens with zero attached hydrogens (tertiary/aromatic N) is 4. The Morgan fingerprint density at radius 1 is 1.38 bits per heavy atom. The second-order valence-corrected chi connectivity index (χ2v) is 5.26. The molecule has 1 fully saturated rings. The molecule has 1 aliphatic rings. The maximum atomic E-state index is 12.0. The van der Waals surface area contributed by atoms with Crippen LogP contribution in [0.15, 0.2) is 36.5 Å². The molecule has 0 saturated heterocycles. The van der Waals surface area contributed by atoms with Gasteiger partial charge in [-0.1, -0.05) is 35.5 Å². The van der Waals surface area contributed by atoms with Crippen LogP contribution in [0.25, 0.3) is 11.3 Å². The minimum Gasteiger partial charge on any atom is -0.336 e. The van der Waals surface area contributed by atoms with E-state index in [0.717, 1.165) is 30.5 Å². The van der Waals surface area contributed by atoms with Crippen LogP contribution in [-0.4, -0.2) is 26.4 Å². The molecule has 1 heterocycles. The van der Waals surface area contributed by atoms with Crippen molar-refractivity contribution >= 4 is 5.91 Å². The van der Waals surface area contributed by atoms with Crippen LogP contribution in [0, 0.1) is 11.3 Å². The van der Waals surface area contributed by atoms with Gasteiger partial charge < -0.3 is 5.32 Å². The number of benzene rings is 1. The van der Waals surface area contributed by atoms with Gasteiger partial charge in [-0.05, 0) is 19.3 Å². The fourth-order valence-electron chi connectivity index (χ4n) is 2.37. The highest BCUT2D eigenvalue weighted by molar-refractivity contribution is 5.77. The van der Waals surface area contributed by atoms with Gasteiger partial charge in [0.1, 0.15) is 17.8 Å². The lowest BCUT2D eigenvalue weighted by molar-refractivity contribution is -0.124. The SMILES string of the molecule is N#CC1(NC(=O)Cn2cc(-c3ccccc3)nn2)CCC1. The predicted molar refractivity (Wildman–Crippen MR) is 75.8 cm³/mol. The molecular weight excluding hydrogens is 266 g/mol. The lowest BCUT2D eigenvalue weighted by atomic mass is 9.78. The summed E-state index contributed by atoms with van der Waals surface area (Å²) in [5.41, 5.74) is 1.01. The molecule has 1 aromatic carbocycles. The summed E-state index contributed by atoms with van der Waals surface area (Å²) in [6.07, 6.45) is 4.16. The van der Waals surface area contributed by atoms with E-state index in [1.165, 1.54) is 4.68 Å². The van der Waals surface area contributed by atoms with Gasteiger partial charge in [0.15, 0.2) is 0 Å². The quantitative estimate of drug-likeness (QED) is 0.920. The zero-order chi connectivity index (χ0) is 14.7. The number of rotatable bonds is 4. The van der Waals surface area contributed by atoms with Gasteiger partial charge >= 0.3 is 0 Å². The average molecular weight is 281 g/mol. The summed E-state index contributed by atoms with van der Waals surface area (Å²) in [5.74, 6) is -0.208. The smallest absolute Gasteiger partial charge is 0.243 e. The van der Waals surface area contributed by atoms with Gasteiger partial charge in [0, 0.05) is 5.56 Å². The van der Waals surface area contributed by atoms with E-state index in [-0.39, 0.29) is 12.5 Å². The summed E-state index contributed by atoms with van der Waals surface area (Å²) in [4.78, 5) is 12.0. The van der Waals surface area contributed by atoms with Gasteiger partial charge in [-0.2, -0.15) is 5.26 Å². The topological polar surface area (TPSA) is 83.6 Å². The van der Waals surface area contributed by atoms with Crippen LogP contribution >= 0.6 is 0 Å². The number of nitrogens with one attached hydrogen (secondary N) is 1. The number of carbonyl (C=O) groups is 1. The van der Waals surface area contributed by atoms with E-state index >= 15 is 0 Å². The third kappa shape index (κ3) is 2.77. The van der Waals surface area contributed by atoms with E-state index in [9.17, 15) is 4.79 Å². The highest BCUT2D eigenvalue weighted by Crippen LogP contribution is 2.30. The fourth-order valence-corrected chi connectivity index (χ4v) is 2.37. The number of hydrogen-bond acceptors (Lipinski definition) is 4. The monoisotopic (exact) mass is 281 g/mol. The van der Waals surface area contributed by atoms with E-state index in [0.29, 0.717) is 0 Å². The highest BCUT2D eigenvalue weighted by Gasteiger charge is 2.38. The number of aromatic nitrogens is 3. The molecule has 0 aliphatic heterocycles. The summed E-state index contributed by atoms with van der Waals surface area (Å²) >= 11 is 0. The predicted octanol–water partition coefficient (Wildman–Crippen LogP) is 1.51. The highest BCUT2D eigenvalue weighted by atomic mass is 16.2. The number of hydrogen-bond donors (Lipinski definition) is 1. The van der Waals surface area contributed by atoms with Crippen LogP contribution in [0.5, 0.6) is 0 Å². The summed E-state index contributed by atoms with van der Waals surface area (Å²) < 4.78 is 1.49. The second kappa shape index (κ2) is 5.37. The molecule has 1 amide bonds. The lowest BCUT2D eigenvalue weighted by Crippen LogP contribution is -2.53. The maximum Gasteiger partial charge on any atom is 0.243 e. The van der Waals surface area contributed by atoms with E-state index in [1.807, 2.05) is 30.3 Å². The molecule has 1 aliphatic carbocycles. The molecule has 106 valence electrons. The summed E-state index contributed by atoms with van der Waals surface area (Å²) in [6.45, 7) is 0.0727. The third-order valence-corrected chi connectivity index (χ3v) is 3.71. The van der Waals surface area contributed by atoms with Gasteiger partial charge in [-0.15, -0.1) is 5.10 Å². The molecule has 0 atom stereocenters. The van der Waals surface area contributed by atoms with Crippen LogP contribution in [0.3, 0.4) is 0 Å². The third-order valence-electron chi connectivity index (χ3n) is 3.71. The minimum atomic E-state index is -0.667. The first-order valence-corrected chi connectivity index (χ1v) is 6.89. The number of amides is 1. The first-order chi connectivity index (χ1) is 10.2. The summed E-state index contributed by atoms with van der Waals surface area (Å²) in [6, 6.07) is 11.8. The maximum absolute atomic E-state index is 12.0. The molecule has 1 N–H and O–H groups in total. The van der Waals surface area contributed by atoms with E-state index in [1.54, 1.807) is 6.20 Å². The Morgan fingerprint density at radius 2 is 2.14 bits per heavy atom. The number of carbonyl (C=O) groups excluding carboxylic acids is 1. The molecule has 21 heavy (non-hydrogen) atoms. The normalized spacial score (nSPS) is 15.8. The van der Waals surface area contributed by atoms with Crippen molar-refractivity contribution in [1.29, 1.82) is 5.26 Å². The average Bonchev–Trinajstić information content (AvgIpc) is 2.92. The van der Waals surface area contributed by atoms with Crippen molar-refractivity contribution in [2.75, 3.05) is 0 Å². The Morgan fingerprint density at radius 3 is 2.76 bits per heavy atom. The summed E-state index contributed by atoms with van der Waals surface area (Å²) in [5, 5.41) is 19.9. The second-order valence-electron chi connectivity index (χ2n) is 5.26. The molecule has 3 rings (SSSR count). The lowest BCUT2D eigenvalue weighted by Gasteiger charge is -2.35. The zero-order valence-corrected chi connectivity index (χ0v) is 11.5. The molecule has 6 nitrogen and oxygen atoms in total. The largest absolute Gasteiger partial charge is 0.336 e. The standard InChI is InChI=1S/C15H15N5O/c16-11-15(7-4-8-15)17-14(21)10-20-9-13(18-19-20)12-5-2-1-3-6-12/h1-3,5-6,9H,4,7-8,10H2,(H,17,21). The van der Waals surface area contributed by atoms with E-state index in [2.05, 4.69) is 21.7 Å². The van der Waals surface area contributed by atoms with Crippen LogP contribution < -0.4 is 5.32 Å². The molecule has 6 heteroatoms. The van der Waals surface area contributed by atoms with Crippen molar-refractivity contribution in [2.24, 2.45) is 0 Å². The Bertz CT molecular complexity index is 682. The molecule has 0 radical (unpaired) electrons. The Balaban J connectivity index is 1.65. The van der Waals surface area contributed by atoms with Gasteiger partial charge in [-0.25, -0.2) is 4.68 Å². The molecule has 1 saturated carbocycles. The first kappa shape index (κ1) is 13.3. The van der Waals surface area contributed by atoms with Crippen molar-refractivity contribution in [3.8, 4) is 17.3 Å². The fraction of sp³-hybridized carbons (Fsp3) is 0.333. The van der Waals surface area contributed by atoms with E-state index < -0.39 is 5.54 Å². The van der Waals surface area contributed by atoms with Crippen molar-refractivity contribution < 1.29 is 4.79 Å². The van der Waals surface area contributed by atoms with Crippen molar-refractivity contribution in [3.05, 3.63) is 36.5 Å². The Labute approximate surface area is 122 Å². The van der Waals surface area contributed by atoms with Crippen molar-refractivity contribution in [2.45, 2.75) is 31.3 Å². The number of nitriles is 1. The van der Waals surface area contributed by atoms with Gasteiger partial charge in [0.25, 0.3) is 0 Å². The van der Waals surface area contributed by atoms with Crippen LogP contribution in [0.1, 0.15) is 19.3 Å². The van der Waals surface area contributed by atoms with Crippen LogP contribution in [-0.2, 0) is 11.3 Å².